The molecule has 0 bridgehead atoms. The van der Waals surface area contributed by atoms with Gasteiger partial charge in [0.15, 0.2) is 0 Å². The van der Waals surface area contributed by atoms with Crippen molar-refractivity contribution in [2.45, 2.75) is 6.42 Å². The highest BCUT2D eigenvalue weighted by Gasteiger charge is 2.03. The summed E-state index contributed by atoms with van der Waals surface area (Å²) >= 11 is 9.31. The number of benzene rings is 1. The molecule has 0 aliphatic rings. The molecule has 0 amide bonds. The molecule has 0 aliphatic heterocycles. The molecule has 3 nitrogen and oxygen atoms in total. The number of rotatable bonds is 5. The minimum absolute atomic E-state index is 0.186. The first-order valence-electron chi connectivity index (χ1n) is 4.75. The number of nitrogens with one attached hydrogen (secondary N) is 1. The molecule has 1 rings (SSSR count). The topological polar surface area (TPSA) is 46.2 Å². The van der Waals surface area contributed by atoms with E-state index in [0.29, 0.717) is 18.0 Å². The maximum absolute atomic E-state index is 10.9. The molecule has 0 atom stereocenters. The number of hydrogen-bond acceptors (Lipinski definition) is 3. The number of hydrogen-bond donors (Lipinski definition) is 1. The molecule has 0 radical (unpaired) electrons. The smallest absolute Gasteiger partial charge is 0.147 e. The van der Waals surface area contributed by atoms with Crippen LogP contribution in [0.1, 0.15) is 6.42 Å². The first-order chi connectivity index (χ1) is 7.38. The first-order valence-corrected chi connectivity index (χ1v) is 7.98. The summed E-state index contributed by atoms with van der Waals surface area (Å²) in [4.78, 5) is 0. The fourth-order valence-corrected chi connectivity index (χ4v) is 2.40. The van der Waals surface area contributed by atoms with Gasteiger partial charge in [-0.3, -0.25) is 0 Å². The second-order valence-corrected chi connectivity index (χ2v) is 7.12. The average molecular weight is 327 g/mol. The van der Waals surface area contributed by atoms with E-state index < -0.39 is 9.84 Å². The zero-order chi connectivity index (χ0) is 12.2. The minimum atomic E-state index is -2.88. The lowest BCUT2D eigenvalue weighted by Gasteiger charge is -2.08. The SMILES string of the molecule is CS(=O)(=O)CCCNc1cc(Br)ccc1Cl. The third-order valence-corrected chi connectivity index (χ3v) is 3.79. The van der Waals surface area contributed by atoms with Crippen LogP contribution in [0.15, 0.2) is 22.7 Å². The van der Waals surface area contributed by atoms with Gasteiger partial charge in [0.1, 0.15) is 9.84 Å². The average Bonchev–Trinajstić information content (AvgIpc) is 2.16. The predicted molar refractivity (Wildman–Crippen MR) is 72.0 cm³/mol. The Bertz CT molecular complexity index is 462. The van der Waals surface area contributed by atoms with Crippen molar-refractivity contribution in [2.75, 3.05) is 23.9 Å². The maximum Gasteiger partial charge on any atom is 0.147 e. The molecule has 1 aromatic rings. The van der Waals surface area contributed by atoms with E-state index in [4.69, 9.17) is 11.6 Å². The Balaban J connectivity index is 2.46. The molecule has 90 valence electrons. The predicted octanol–water partition coefficient (Wildman–Crippen LogP) is 2.95. The van der Waals surface area contributed by atoms with Gasteiger partial charge in [-0.15, -0.1) is 0 Å². The standard InChI is InChI=1S/C10H13BrClNO2S/c1-16(14,15)6-2-5-13-10-7-8(11)3-4-9(10)12/h3-4,7,13H,2,5-6H2,1H3. The molecule has 0 aliphatic carbocycles. The Morgan fingerprint density at radius 1 is 1.44 bits per heavy atom. The summed E-state index contributed by atoms with van der Waals surface area (Å²) in [5.41, 5.74) is 0.810. The Morgan fingerprint density at radius 2 is 2.12 bits per heavy atom. The van der Waals surface area contributed by atoms with Crippen molar-refractivity contribution in [3.05, 3.63) is 27.7 Å². The zero-order valence-electron chi connectivity index (χ0n) is 8.83. The summed E-state index contributed by atoms with van der Waals surface area (Å²) in [7, 11) is -2.88. The van der Waals surface area contributed by atoms with Crippen molar-refractivity contribution in [3.63, 3.8) is 0 Å². The van der Waals surface area contributed by atoms with Gasteiger partial charge in [0.25, 0.3) is 0 Å². The van der Waals surface area contributed by atoms with E-state index in [9.17, 15) is 8.42 Å². The summed E-state index contributed by atoms with van der Waals surface area (Å²) < 4.78 is 22.7. The van der Waals surface area contributed by atoms with Crippen molar-refractivity contribution >= 4 is 43.1 Å². The van der Waals surface area contributed by atoms with Crippen molar-refractivity contribution in [2.24, 2.45) is 0 Å². The second kappa shape index (κ2) is 5.89. The third kappa shape index (κ3) is 5.18. The van der Waals surface area contributed by atoms with Crippen molar-refractivity contribution in [1.82, 2.24) is 0 Å². The van der Waals surface area contributed by atoms with Gasteiger partial charge in [-0.1, -0.05) is 27.5 Å². The molecule has 0 saturated heterocycles. The Hall–Kier alpha value is -0.260. The van der Waals surface area contributed by atoms with Crippen LogP contribution in [0.5, 0.6) is 0 Å². The largest absolute Gasteiger partial charge is 0.384 e. The van der Waals surface area contributed by atoms with Gasteiger partial charge >= 0.3 is 0 Å². The zero-order valence-corrected chi connectivity index (χ0v) is 12.0. The van der Waals surface area contributed by atoms with Gasteiger partial charge < -0.3 is 5.32 Å². The lowest BCUT2D eigenvalue weighted by Crippen LogP contribution is -2.09. The van der Waals surface area contributed by atoms with Crippen molar-refractivity contribution in [1.29, 1.82) is 0 Å². The van der Waals surface area contributed by atoms with Crippen molar-refractivity contribution < 1.29 is 8.42 Å². The highest BCUT2D eigenvalue weighted by Crippen LogP contribution is 2.25. The van der Waals surface area contributed by atoms with Crippen LogP contribution in [0.4, 0.5) is 5.69 Å². The van der Waals surface area contributed by atoms with E-state index in [0.717, 1.165) is 10.2 Å². The molecule has 0 spiro atoms. The van der Waals surface area contributed by atoms with Crippen LogP contribution < -0.4 is 5.32 Å². The molecule has 0 fully saturated rings. The fraction of sp³-hybridized carbons (Fsp3) is 0.400. The summed E-state index contributed by atoms with van der Waals surface area (Å²) in [5.74, 6) is 0.186. The van der Waals surface area contributed by atoms with Gasteiger partial charge in [-0.2, -0.15) is 0 Å². The molecule has 0 aromatic heterocycles. The number of anilines is 1. The monoisotopic (exact) mass is 325 g/mol. The van der Waals surface area contributed by atoms with E-state index in [-0.39, 0.29) is 5.75 Å². The first kappa shape index (κ1) is 13.8. The quantitative estimate of drug-likeness (QED) is 0.846. The van der Waals surface area contributed by atoms with E-state index >= 15 is 0 Å². The molecular weight excluding hydrogens is 314 g/mol. The molecule has 1 aromatic carbocycles. The number of sulfone groups is 1. The molecule has 0 unspecified atom stereocenters. The summed E-state index contributed by atoms with van der Waals surface area (Å²) in [6.45, 7) is 0.587. The fourth-order valence-electron chi connectivity index (χ4n) is 1.19. The molecule has 0 saturated carbocycles. The van der Waals surface area contributed by atoms with Crippen LogP contribution in [0.25, 0.3) is 0 Å². The van der Waals surface area contributed by atoms with Gasteiger partial charge in [-0.25, -0.2) is 8.42 Å². The lowest BCUT2D eigenvalue weighted by molar-refractivity contribution is 0.600. The van der Waals surface area contributed by atoms with Crippen LogP contribution >= 0.6 is 27.5 Å². The van der Waals surface area contributed by atoms with Crippen LogP contribution in [0.2, 0.25) is 5.02 Å². The van der Waals surface area contributed by atoms with E-state index in [1.807, 2.05) is 12.1 Å². The van der Waals surface area contributed by atoms with E-state index in [2.05, 4.69) is 21.2 Å². The lowest BCUT2D eigenvalue weighted by atomic mass is 10.3. The van der Waals surface area contributed by atoms with E-state index in [1.165, 1.54) is 6.26 Å². The van der Waals surface area contributed by atoms with Crippen LogP contribution in [0, 0.1) is 0 Å². The highest BCUT2D eigenvalue weighted by atomic mass is 79.9. The van der Waals surface area contributed by atoms with Gasteiger partial charge in [0.05, 0.1) is 16.5 Å². The second-order valence-electron chi connectivity index (χ2n) is 3.53. The third-order valence-electron chi connectivity index (χ3n) is 1.94. The van der Waals surface area contributed by atoms with Crippen LogP contribution in [0.3, 0.4) is 0 Å². The van der Waals surface area contributed by atoms with Gasteiger partial charge in [0, 0.05) is 17.3 Å². The molecule has 16 heavy (non-hydrogen) atoms. The highest BCUT2D eigenvalue weighted by molar-refractivity contribution is 9.10. The molecule has 0 heterocycles. The maximum atomic E-state index is 10.9. The summed E-state index contributed by atoms with van der Waals surface area (Å²) in [6.07, 6.45) is 1.81. The number of halogens is 2. The summed E-state index contributed by atoms with van der Waals surface area (Å²) in [5, 5.41) is 3.73. The van der Waals surface area contributed by atoms with Crippen molar-refractivity contribution in [3.8, 4) is 0 Å². The van der Waals surface area contributed by atoms with Crippen LogP contribution in [-0.4, -0.2) is 27.0 Å². The Kier molecular flexibility index (Phi) is 5.08. The van der Waals surface area contributed by atoms with E-state index in [1.54, 1.807) is 6.07 Å². The van der Waals surface area contributed by atoms with Gasteiger partial charge in [0.2, 0.25) is 0 Å². The minimum Gasteiger partial charge on any atom is -0.384 e. The molecule has 1 N–H and O–H groups in total. The normalized spacial score (nSPS) is 11.4. The summed E-state index contributed by atoms with van der Waals surface area (Å²) in [6, 6.07) is 5.50. The Morgan fingerprint density at radius 3 is 2.75 bits per heavy atom. The Labute approximate surface area is 109 Å². The molecular formula is C10H13BrClNO2S. The van der Waals surface area contributed by atoms with Gasteiger partial charge in [-0.05, 0) is 24.6 Å². The van der Waals surface area contributed by atoms with Crippen LogP contribution in [-0.2, 0) is 9.84 Å². The molecule has 6 heteroatoms.